The lowest BCUT2D eigenvalue weighted by Gasteiger charge is -2.40. The fraction of sp³-hybridized carbons (Fsp3) is 0.821. The number of methoxy groups -OCH3 is 1. The highest BCUT2D eigenvalue weighted by molar-refractivity contribution is 5.69. The summed E-state index contributed by atoms with van der Waals surface area (Å²) in [7, 11) is 1.31. The third kappa shape index (κ3) is 9.36. The summed E-state index contributed by atoms with van der Waals surface area (Å²) in [5.74, 6) is -1.51. The number of unbranched alkanes of at least 4 members (excludes halogenated alkanes) is 2. The van der Waals surface area contributed by atoms with E-state index in [1.165, 1.54) is 26.2 Å². The summed E-state index contributed by atoms with van der Waals surface area (Å²) in [5.41, 5.74) is -2.12. The van der Waals surface area contributed by atoms with E-state index >= 15 is 4.39 Å². The van der Waals surface area contributed by atoms with Gasteiger partial charge in [0.1, 0.15) is 6.17 Å². The molecule has 2 rings (SSSR count). The molecule has 3 unspecified atom stereocenters. The second-order valence-electron chi connectivity index (χ2n) is 10.5. The maximum Gasteiger partial charge on any atom is 0.397 e. The zero-order valence-corrected chi connectivity index (χ0v) is 22.4. The molecule has 1 aliphatic carbocycles. The molecule has 2 fully saturated rings. The smallest absolute Gasteiger partial charge is 0.397 e. The summed E-state index contributed by atoms with van der Waals surface area (Å²) in [6.07, 6.45) is 2.43. The molecule has 214 valence electrons. The minimum atomic E-state index is -4.50. The molecule has 37 heavy (non-hydrogen) atoms. The van der Waals surface area contributed by atoms with Crippen molar-refractivity contribution in [2.24, 2.45) is 17.3 Å². The Kier molecular flexibility index (Phi) is 13.1. The van der Waals surface area contributed by atoms with Crippen LogP contribution < -0.4 is 0 Å². The minimum Gasteiger partial charge on any atom is -0.469 e. The van der Waals surface area contributed by atoms with E-state index in [0.717, 1.165) is 12.8 Å². The predicted octanol–water partition coefficient (Wildman–Crippen LogP) is 6.84. The molecule has 0 bridgehead atoms. The summed E-state index contributed by atoms with van der Waals surface area (Å²) in [5, 5.41) is 10.5. The van der Waals surface area contributed by atoms with Crippen LogP contribution in [0.25, 0.3) is 0 Å². The third-order valence-electron chi connectivity index (χ3n) is 7.70. The molecule has 7 atom stereocenters. The number of carbonyl (C=O) groups is 1. The topological polar surface area (TPSA) is 65.0 Å². The van der Waals surface area contributed by atoms with Crippen LogP contribution >= 0.6 is 0 Å². The molecule has 0 aromatic heterocycles. The minimum absolute atomic E-state index is 0.0918. The van der Waals surface area contributed by atoms with E-state index in [2.05, 4.69) is 4.74 Å². The van der Waals surface area contributed by atoms with Crippen LogP contribution in [0.15, 0.2) is 24.3 Å². The number of esters is 1. The standard InChI is InChI=1S/C28H44F4O5/c1-4-5-18-27(2,28(30,31)32)23(37-25-13-9-10-19-36-25)17-15-20-14-16-22(33)26(20)21(29)11-7-6-8-12-24(34)35-3/h7,11,15,17,20-23,25-26,33H,4-6,8-10,12-14,16,18-19H2,1-3H3/t20-,21?,22+,23-,25?,26+,27?/m1/s1. The number of aliphatic hydroxyl groups is 1. The van der Waals surface area contributed by atoms with Gasteiger partial charge in [-0.15, -0.1) is 0 Å². The van der Waals surface area contributed by atoms with Crippen molar-refractivity contribution in [1.82, 2.24) is 0 Å². The van der Waals surface area contributed by atoms with Crippen LogP contribution in [-0.4, -0.2) is 55.6 Å². The first-order chi connectivity index (χ1) is 17.5. The maximum absolute atomic E-state index is 15.1. The van der Waals surface area contributed by atoms with Crippen molar-refractivity contribution < 1.29 is 41.7 Å². The maximum atomic E-state index is 15.1. The lowest BCUT2D eigenvalue weighted by Crippen LogP contribution is -2.47. The second kappa shape index (κ2) is 15.2. The molecule has 1 saturated carbocycles. The summed E-state index contributed by atoms with van der Waals surface area (Å²) >= 11 is 0. The van der Waals surface area contributed by atoms with Crippen molar-refractivity contribution in [2.75, 3.05) is 13.7 Å². The largest absolute Gasteiger partial charge is 0.469 e. The number of allylic oxidation sites excluding steroid dienone is 3. The van der Waals surface area contributed by atoms with Gasteiger partial charge in [0.05, 0.1) is 24.7 Å². The van der Waals surface area contributed by atoms with E-state index in [1.807, 2.05) is 6.92 Å². The van der Waals surface area contributed by atoms with Crippen molar-refractivity contribution >= 4 is 5.97 Å². The number of ether oxygens (including phenoxy) is 3. The van der Waals surface area contributed by atoms with E-state index in [9.17, 15) is 23.1 Å². The number of rotatable bonds is 14. The summed E-state index contributed by atoms with van der Waals surface area (Å²) in [6.45, 7) is 3.49. The number of carbonyl (C=O) groups excluding carboxylic acids is 1. The first kappa shape index (κ1) is 31.8. The second-order valence-corrected chi connectivity index (χ2v) is 10.5. The molecule has 0 radical (unpaired) electrons. The molecular weight excluding hydrogens is 492 g/mol. The molecule has 0 aromatic rings. The SMILES string of the molecule is CCCCC(C)([C@@H](C=C[C@H]1CC[C@H](O)[C@@H]1C(F)C=CCCCC(=O)OC)OC1CCCCO1)C(F)(F)F. The third-order valence-corrected chi connectivity index (χ3v) is 7.70. The normalized spacial score (nSPS) is 28.4. The monoisotopic (exact) mass is 536 g/mol. The van der Waals surface area contributed by atoms with Gasteiger partial charge in [-0.3, -0.25) is 4.79 Å². The predicted molar refractivity (Wildman–Crippen MR) is 133 cm³/mol. The van der Waals surface area contributed by atoms with Crippen LogP contribution in [0.5, 0.6) is 0 Å². The van der Waals surface area contributed by atoms with Crippen molar-refractivity contribution in [3.8, 4) is 0 Å². The summed E-state index contributed by atoms with van der Waals surface area (Å²) in [6, 6.07) is 0. The molecule has 5 nitrogen and oxygen atoms in total. The van der Waals surface area contributed by atoms with Gasteiger partial charge in [-0.05, 0) is 64.2 Å². The van der Waals surface area contributed by atoms with E-state index in [-0.39, 0.29) is 18.8 Å². The highest BCUT2D eigenvalue weighted by Crippen LogP contribution is 2.47. The summed E-state index contributed by atoms with van der Waals surface area (Å²) < 4.78 is 74.4. The fourth-order valence-corrected chi connectivity index (χ4v) is 5.15. The zero-order chi connectivity index (χ0) is 27.5. The van der Waals surface area contributed by atoms with Crippen molar-refractivity contribution in [3.05, 3.63) is 24.3 Å². The Morgan fingerprint density at radius 3 is 2.54 bits per heavy atom. The van der Waals surface area contributed by atoms with Gasteiger partial charge in [-0.1, -0.05) is 44.1 Å². The van der Waals surface area contributed by atoms with Gasteiger partial charge in [-0.2, -0.15) is 13.2 Å². The van der Waals surface area contributed by atoms with Crippen molar-refractivity contribution in [2.45, 2.75) is 115 Å². The highest BCUT2D eigenvalue weighted by atomic mass is 19.4. The molecule has 0 spiro atoms. The number of hydrogen-bond donors (Lipinski definition) is 1. The fourth-order valence-electron chi connectivity index (χ4n) is 5.15. The molecule has 1 N–H and O–H groups in total. The van der Waals surface area contributed by atoms with Crippen molar-refractivity contribution in [3.63, 3.8) is 0 Å². The number of alkyl halides is 4. The Morgan fingerprint density at radius 1 is 1.16 bits per heavy atom. The summed E-state index contributed by atoms with van der Waals surface area (Å²) in [4.78, 5) is 11.2. The van der Waals surface area contributed by atoms with Crippen LogP contribution in [0.3, 0.4) is 0 Å². The van der Waals surface area contributed by atoms with Crippen LogP contribution in [0.4, 0.5) is 17.6 Å². The van der Waals surface area contributed by atoms with Gasteiger partial charge < -0.3 is 19.3 Å². The lowest BCUT2D eigenvalue weighted by molar-refractivity contribution is -0.279. The average Bonchev–Trinajstić information content (AvgIpc) is 3.24. The van der Waals surface area contributed by atoms with E-state index in [4.69, 9.17) is 9.47 Å². The molecule has 9 heteroatoms. The molecule has 1 saturated heterocycles. The average molecular weight is 537 g/mol. The van der Waals surface area contributed by atoms with Crippen LogP contribution in [0.1, 0.15) is 84.5 Å². The van der Waals surface area contributed by atoms with Crippen LogP contribution in [0, 0.1) is 17.3 Å². The first-order valence-electron chi connectivity index (χ1n) is 13.6. The number of hydrogen-bond acceptors (Lipinski definition) is 5. The Labute approximate surface area is 218 Å². The molecular formula is C28H44F4O5. The van der Waals surface area contributed by atoms with E-state index in [0.29, 0.717) is 51.6 Å². The van der Waals surface area contributed by atoms with Gasteiger partial charge in [0.25, 0.3) is 0 Å². The molecule has 0 amide bonds. The Hall–Kier alpha value is -1.45. The highest BCUT2D eigenvalue weighted by Gasteiger charge is 2.56. The van der Waals surface area contributed by atoms with E-state index in [1.54, 1.807) is 12.2 Å². The molecule has 1 aliphatic heterocycles. The van der Waals surface area contributed by atoms with Crippen molar-refractivity contribution in [1.29, 1.82) is 0 Å². The zero-order valence-electron chi connectivity index (χ0n) is 22.4. The van der Waals surface area contributed by atoms with Gasteiger partial charge in [0.15, 0.2) is 6.29 Å². The molecule has 1 heterocycles. The molecule has 2 aliphatic rings. The quantitative estimate of drug-likeness (QED) is 0.114. The Morgan fingerprint density at radius 2 is 1.92 bits per heavy atom. The number of halogens is 4. The number of aliphatic hydroxyl groups excluding tert-OH is 1. The van der Waals surface area contributed by atoms with Gasteiger partial charge in [0, 0.05) is 18.9 Å². The Bertz CT molecular complexity index is 735. The molecule has 0 aromatic carbocycles. The van der Waals surface area contributed by atoms with Crippen LogP contribution in [0.2, 0.25) is 0 Å². The Balaban J connectivity index is 2.18. The van der Waals surface area contributed by atoms with Crippen LogP contribution in [-0.2, 0) is 19.0 Å². The van der Waals surface area contributed by atoms with E-state index < -0.39 is 48.1 Å². The lowest BCUT2D eigenvalue weighted by atomic mass is 9.77. The van der Waals surface area contributed by atoms with Gasteiger partial charge in [0.2, 0.25) is 0 Å². The first-order valence-corrected chi connectivity index (χ1v) is 13.6. The van der Waals surface area contributed by atoms with Gasteiger partial charge >= 0.3 is 12.1 Å². The van der Waals surface area contributed by atoms with Gasteiger partial charge in [-0.25, -0.2) is 4.39 Å².